The highest BCUT2D eigenvalue weighted by Gasteiger charge is 2.39. The molecule has 30 heavy (non-hydrogen) atoms. The molecule has 1 N–H and O–H groups in total. The zero-order chi connectivity index (χ0) is 21.8. The van der Waals surface area contributed by atoms with Crippen molar-refractivity contribution in [1.29, 1.82) is 0 Å². The van der Waals surface area contributed by atoms with Gasteiger partial charge in [-0.05, 0) is 38.0 Å². The molecule has 0 aliphatic carbocycles. The number of carbonyl (C=O) groups is 1. The van der Waals surface area contributed by atoms with Gasteiger partial charge >= 0.3 is 0 Å². The molecule has 1 fully saturated rings. The number of hydrogen-bond donors (Lipinski definition) is 1. The average molecular weight is 451 g/mol. The van der Waals surface area contributed by atoms with Crippen LogP contribution in [-0.2, 0) is 27.8 Å². The molecular formula is C20H26N4O4S2. The van der Waals surface area contributed by atoms with Crippen LogP contribution in [0.4, 0.5) is 0 Å². The number of allylic oxidation sites excluding steroid dienone is 1. The molecule has 0 spiro atoms. The molecule has 1 aliphatic heterocycles. The summed E-state index contributed by atoms with van der Waals surface area (Å²) in [6, 6.07) is 7.74. The fourth-order valence-corrected chi connectivity index (χ4v) is 6.17. The Balaban J connectivity index is 1.60. The van der Waals surface area contributed by atoms with Gasteiger partial charge in [0.1, 0.15) is 12.4 Å². The predicted octanol–water partition coefficient (Wildman–Crippen LogP) is 2.14. The van der Waals surface area contributed by atoms with Gasteiger partial charge in [-0.3, -0.25) is 9.36 Å². The van der Waals surface area contributed by atoms with Gasteiger partial charge in [0.15, 0.2) is 20.8 Å². The van der Waals surface area contributed by atoms with Gasteiger partial charge in [0, 0.05) is 6.54 Å². The molecule has 1 saturated heterocycles. The summed E-state index contributed by atoms with van der Waals surface area (Å²) in [5.74, 6) is 1.34. The van der Waals surface area contributed by atoms with Gasteiger partial charge in [-0.2, -0.15) is 0 Å². The summed E-state index contributed by atoms with van der Waals surface area (Å²) in [7, 11) is -3.08. The molecule has 1 aromatic carbocycles. The topological polar surface area (TPSA) is 103 Å². The lowest BCUT2D eigenvalue weighted by Gasteiger charge is -2.23. The van der Waals surface area contributed by atoms with Crippen LogP contribution in [0, 0.1) is 6.92 Å². The molecule has 0 bridgehead atoms. The monoisotopic (exact) mass is 450 g/mol. The van der Waals surface area contributed by atoms with Crippen molar-refractivity contribution in [3.63, 3.8) is 0 Å². The minimum Gasteiger partial charge on any atom is -0.486 e. The first-order valence-corrected chi connectivity index (χ1v) is 12.4. The lowest BCUT2D eigenvalue weighted by atomic mass is 10.0. The van der Waals surface area contributed by atoms with E-state index in [-0.39, 0.29) is 29.8 Å². The summed E-state index contributed by atoms with van der Waals surface area (Å²) in [6.07, 6.45) is 2.16. The third-order valence-corrected chi connectivity index (χ3v) is 7.61. The zero-order valence-corrected chi connectivity index (χ0v) is 18.8. The van der Waals surface area contributed by atoms with Crippen molar-refractivity contribution in [3.05, 3.63) is 48.3 Å². The van der Waals surface area contributed by atoms with Crippen molar-refractivity contribution in [2.75, 3.05) is 17.3 Å². The summed E-state index contributed by atoms with van der Waals surface area (Å²) < 4.78 is 31.1. The van der Waals surface area contributed by atoms with Gasteiger partial charge in [0.25, 0.3) is 0 Å². The van der Waals surface area contributed by atoms with Crippen LogP contribution in [0.15, 0.2) is 42.1 Å². The molecule has 2 aromatic rings. The molecule has 8 nitrogen and oxygen atoms in total. The van der Waals surface area contributed by atoms with Crippen molar-refractivity contribution in [2.24, 2.45) is 0 Å². The van der Waals surface area contributed by atoms with Crippen LogP contribution < -0.4 is 10.1 Å². The number of benzene rings is 1. The van der Waals surface area contributed by atoms with Crippen LogP contribution in [0.3, 0.4) is 0 Å². The second-order valence-corrected chi connectivity index (χ2v) is 10.8. The van der Waals surface area contributed by atoms with E-state index in [2.05, 4.69) is 22.1 Å². The number of nitrogens with one attached hydrogen (secondary N) is 1. The lowest BCUT2D eigenvalue weighted by molar-refractivity contribution is -0.120. The molecule has 0 saturated carbocycles. The van der Waals surface area contributed by atoms with Gasteiger partial charge in [0.05, 0.1) is 22.8 Å². The predicted molar refractivity (Wildman–Crippen MR) is 116 cm³/mol. The molecule has 0 radical (unpaired) electrons. The van der Waals surface area contributed by atoms with Crippen LogP contribution >= 0.6 is 11.8 Å². The number of amides is 1. The van der Waals surface area contributed by atoms with Crippen LogP contribution in [-0.4, -0.2) is 51.9 Å². The largest absolute Gasteiger partial charge is 0.486 e. The van der Waals surface area contributed by atoms with Crippen molar-refractivity contribution in [1.82, 2.24) is 20.1 Å². The number of ether oxygens (including phenoxy) is 1. The van der Waals surface area contributed by atoms with Gasteiger partial charge in [-0.25, -0.2) is 8.42 Å². The maximum Gasteiger partial charge on any atom is 0.230 e. The lowest BCUT2D eigenvalue weighted by Crippen LogP contribution is -2.47. The van der Waals surface area contributed by atoms with E-state index in [1.54, 1.807) is 13.0 Å². The Morgan fingerprint density at radius 1 is 1.43 bits per heavy atom. The van der Waals surface area contributed by atoms with Crippen LogP contribution in [0.2, 0.25) is 0 Å². The SMILES string of the molecule is C=CCn1c(COc2cccc(C)c2)nnc1SCC(=O)NC1(C)CCS(=O)(=O)C1. The van der Waals surface area contributed by atoms with E-state index in [0.29, 0.717) is 23.9 Å². The second kappa shape index (κ2) is 9.22. The molecule has 1 amide bonds. The third-order valence-electron chi connectivity index (χ3n) is 4.74. The van der Waals surface area contributed by atoms with E-state index in [0.717, 1.165) is 11.3 Å². The summed E-state index contributed by atoms with van der Waals surface area (Å²) in [5, 5.41) is 11.8. The minimum atomic E-state index is -3.08. The van der Waals surface area contributed by atoms with Gasteiger partial charge in [0.2, 0.25) is 5.91 Å². The first kappa shape index (κ1) is 22.4. The number of sulfone groups is 1. The second-order valence-electron chi connectivity index (χ2n) is 7.64. The number of hydrogen-bond acceptors (Lipinski definition) is 7. The smallest absolute Gasteiger partial charge is 0.230 e. The summed E-state index contributed by atoms with van der Waals surface area (Å²) in [5.41, 5.74) is 0.393. The van der Waals surface area contributed by atoms with E-state index in [1.807, 2.05) is 35.8 Å². The van der Waals surface area contributed by atoms with E-state index in [4.69, 9.17) is 4.74 Å². The Kier molecular flexibility index (Phi) is 6.87. The van der Waals surface area contributed by atoms with Gasteiger partial charge < -0.3 is 10.1 Å². The Hall–Kier alpha value is -2.33. The Labute approximate surface area is 181 Å². The Morgan fingerprint density at radius 3 is 2.90 bits per heavy atom. The molecular weight excluding hydrogens is 424 g/mol. The molecule has 1 unspecified atom stereocenters. The highest BCUT2D eigenvalue weighted by Crippen LogP contribution is 2.24. The fraction of sp³-hybridized carbons (Fsp3) is 0.450. The average Bonchev–Trinajstić information content (AvgIpc) is 3.18. The Bertz CT molecular complexity index is 1040. The molecule has 10 heteroatoms. The maximum atomic E-state index is 12.4. The van der Waals surface area contributed by atoms with Gasteiger partial charge in [-0.1, -0.05) is 30.0 Å². The molecule has 1 atom stereocenters. The van der Waals surface area contributed by atoms with Crippen LogP contribution in [0.1, 0.15) is 24.7 Å². The molecule has 2 heterocycles. The number of aromatic nitrogens is 3. The minimum absolute atomic E-state index is 0.0243. The number of nitrogens with zero attached hydrogens (tertiary/aromatic N) is 3. The number of aryl methyl sites for hydroxylation is 1. The van der Waals surface area contributed by atoms with Crippen LogP contribution in [0.25, 0.3) is 0 Å². The number of thioether (sulfide) groups is 1. The van der Waals surface area contributed by atoms with Crippen molar-refractivity contribution in [3.8, 4) is 5.75 Å². The normalized spacial score (nSPS) is 20.1. The molecule has 1 aromatic heterocycles. The molecule has 162 valence electrons. The summed E-state index contributed by atoms with van der Waals surface area (Å²) in [6.45, 7) is 8.26. The highest BCUT2D eigenvalue weighted by molar-refractivity contribution is 7.99. The van der Waals surface area contributed by atoms with E-state index < -0.39 is 15.4 Å². The zero-order valence-electron chi connectivity index (χ0n) is 17.1. The van der Waals surface area contributed by atoms with Gasteiger partial charge in [-0.15, -0.1) is 16.8 Å². The fourth-order valence-electron chi connectivity index (χ4n) is 3.31. The van der Waals surface area contributed by atoms with E-state index >= 15 is 0 Å². The van der Waals surface area contributed by atoms with E-state index in [1.165, 1.54) is 11.8 Å². The Morgan fingerprint density at radius 2 is 2.23 bits per heavy atom. The first-order chi connectivity index (χ1) is 14.2. The van der Waals surface area contributed by atoms with E-state index in [9.17, 15) is 13.2 Å². The number of carbonyl (C=O) groups excluding carboxylic acids is 1. The standard InChI is InChI=1S/C20H26N4O4S2/c1-4-9-24-17(12-28-16-7-5-6-15(2)11-16)22-23-19(24)29-13-18(25)21-20(3)8-10-30(26,27)14-20/h4-7,11H,1,8-10,12-14H2,2-3H3,(H,21,25). The van der Waals surface area contributed by atoms with Crippen molar-refractivity contribution >= 4 is 27.5 Å². The van der Waals surface area contributed by atoms with Crippen molar-refractivity contribution < 1.29 is 17.9 Å². The quantitative estimate of drug-likeness (QED) is 0.461. The highest BCUT2D eigenvalue weighted by atomic mass is 32.2. The first-order valence-electron chi connectivity index (χ1n) is 9.56. The maximum absolute atomic E-state index is 12.4. The van der Waals surface area contributed by atoms with Crippen molar-refractivity contribution in [2.45, 2.75) is 44.1 Å². The third kappa shape index (κ3) is 5.85. The summed E-state index contributed by atoms with van der Waals surface area (Å²) >= 11 is 1.25. The summed E-state index contributed by atoms with van der Waals surface area (Å²) in [4.78, 5) is 12.4. The molecule has 1 aliphatic rings. The van der Waals surface area contributed by atoms with Crippen LogP contribution in [0.5, 0.6) is 5.75 Å². The number of rotatable bonds is 9. The molecule has 3 rings (SSSR count).